The van der Waals surface area contributed by atoms with E-state index < -0.39 is 0 Å². The summed E-state index contributed by atoms with van der Waals surface area (Å²) in [5.74, 6) is 0. The molecule has 0 spiro atoms. The normalized spacial score (nSPS) is 20.6. The number of nitrogens with one attached hydrogen (secondary N) is 1. The molecule has 29 heavy (non-hydrogen) atoms. The minimum absolute atomic E-state index is 0. The van der Waals surface area contributed by atoms with Gasteiger partial charge in [0, 0.05) is 51.0 Å². The van der Waals surface area contributed by atoms with Gasteiger partial charge in [-0.25, -0.2) is 0 Å². The Morgan fingerprint density at radius 1 is 0.862 bits per heavy atom. The van der Waals surface area contributed by atoms with Crippen LogP contribution >= 0.6 is 12.4 Å². The maximum absolute atomic E-state index is 3.86. The number of fused-ring (bicyclic) bond motifs is 2. The summed E-state index contributed by atoms with van der Waals surface area (Å²) in [6.07, 6.45) is 6.48. The molecular weight excluding hydrogens is 382 g/mol. The average molecular weight is 416 g/mol. The van der Waals surface area contributed by atoms with E-state index in [-0.39, 0.29) is 17.9 Å². The fraction of sp³-hybridized carbons (Fsp3) is 0.500. The zero-order valence-electron chi connectivity index (χ0n) is 17.2. The van der Waals surface area contributed by atoms with Gasteiger partial charge in [0.2, 0.25) is 0 Å². The Bertz CT molecular complexity index is 790. The lowest BCUT2D eigenvalue weighted by Gasteiger charge is -2.36. The molecule has 0 radical (unpaired) electrons. The van der Waals surface area contributed by atoms with Crippen LogP contribution in [0.25, 0.3) is 0 Å². The summed E-state index contributed by atoms with van der Waals surface area (Å²) < 4.78 is 0. The first-order valence-electron chi connectivity index (χ1n) is 10.8. The molecule has 5 heteroatoms. The lowest BCUT2D eigenvalue weighted by molar-refractivity contribution is 0.254. The number of aryl methyl sites for hydroxylation is 3. The molecule has 0 amide bonds. The highest BCUT2D eigenvalue weighted by atomic mass is 35.5. The van der Waals surface area contributed by atoms with E-state index >= 15 is 0 Å². The van der Waals surface area contributed by atoms with Crippen molar-refractivity contribution in [3.05, 3.63) is 64.7 Å². The summed E-state index contributed by atoms with van der Waals surface area (Å²) in [6, 6.07) is 16.5. The standard InChI is InChI=1S/C24H31N3.ClH.H2O/c1-2-7-22(8-3-1)27-15-13-26(14-16-27)12-11-25-24-10-9-21-17-19-5-4-6-20(19)18-23(21)24;;/h1-3,7-8,17-18,24-25H,4-6,9-16H2;1H;1H2. The Hall–Kier alpha value is -1.59. The monoisotopic (exact) mass is 415 g/mol. The Morgan fingerprint density at radius 2 is 1.59 bits per heavy atom. The first-order chi connectivity index (χ1) is 13.4. The summed E-state index contributed by atoms with van der Waals surface area (Å²) in [5, 5.41) is 3.86. The van der Waals surface area contributed by atoms with Gasteiger partial charge in [-0.3, -0.25) is 4.90 Å². The number of piperazine rings is 1. The predicted octanol–water partition coefficient (Wildman–Crippen LogP) is 3.17. The number of anilines is 1. The lowest BCUT2D eigenvalue weighted by atomic mass is 10.0. The van der Waals surface area contributed by atoms with Crippen molar-refractivity contribution in [2.24, 2.45) is 0 Å². The number of halogens is 1. The molecule has 2 aromatic carbocycles. The van der Waals surface area contributed by atoms with E-state index in [2.05, 4.69) is 57.6 Å². The average Bonchev–Trinajstić information content (AvgIpc) is 3.34. The van der Waals surface area contributed by atoms with E-state index in [1.165, 1.54) is 57.4 Å². The van der Waals surface area contributed by atoms with Crippen LogP contribution in [-0.4, -0.2) is 49.6 Å². The number of hydrogen-bond acceptors (Lipinski definition) is 3. The molecule has 3 N–H and O–H groups in total. The molecule has 0 saturated carbocycles. The van der Waals surface area contributed by atoms with Gasteiger partial charge in [0.1, 0.15) is 0 Å². The minimum Gasteiger partial charge on any atom is -0.412 e. The molecule has 1 aliphatic heterocycles. The zero-order chi connectivity index (χ0) is 18.1. The molecule has 2 aromatic rings. The maximum Gasteiger partial charge on any atom is 0.0367 e. The Balaban J connectivity index is 0.00000120. The van der Waals surface area contributed by atoms with Crippen LogP contribution in [0.5, 0.6) is 0 Å². The zero-order valence-corrected chi connectivity index (χ0v) is 18.0. The molecule has 1 fully saturated rings. The third-order valence-electron chi connectivity index (χ3n) is 6.74. The fourth-order valence-electron chi connectivity index (χ4n) is 5.17. The highest BCUT2D eigenvalue weighted by Crippen LogP contribution is 2.35. The second kappa shape index (κ2) is 9.94. The van der Waals surface area contributed by atoms with E-state index in [0.717, 1.165) is 19.6 Å². The number of rotatable bonds is 5. The van der Waals surface area contributed by atoms with E-state index in [4.69, 9.17) is 0 Å². The summed E-state index contributed by atoms with van der Waals surface area (Å²) in [4.78, 5) is 5.13. The summed E-state index contributed by atoms with van der Waals surface area (Å²) in [7, 11) is 0. The second-order valence-electron chi connectivity index (χ2n) is 8.38. The number of nitrogens with zero attached hydrogens (tertiary/aromatic N) is 2. The van der Waals surface area contributed by atoms with Crippen LogP contribution in [0.1, 0.15) is 41.1 Å². The molecule has 1 heterocycles. The van der Waals surface area contributed by atoms with Crippen molar-refractivity contribution in [2.45, 2.75) is 38.1 Å². The van der Waals surface area contributed by atoms with E-state index in [0.29, 0.717) is 6.04 Å². The number of para-hydroxylation sites is 1. The largest absolute Gasteiger partial charge is 0.412 e. The highest BCUT2D eigenvalue weighted by molar-refractivity contribution is 5.85. The smallest absolute Gasteiger partial charge is 0.0367 e. The molecule has 5 rings (SSSR count). The van der Waals surface area contributed by atoms with Crippen molar-refractivity contribution in [1.82, 2.24) is 10.2 Å². The third kappa shape index (κ3) is 4.77. The van der Waals surface area contributed by atoms with Gasteiger partial charge in [0.05, 0.1) is 0 Å². The van der Waals surface area contributed by atoms with Crippen molar-refractivity contribution >= 4 is 18.1 Å². The quantitative estimate of drug-likeness (QED) is 0.815. The van der Waals surface area contributed by atoms with Gasteiger partial charge in [-0.1, -0.05) is 30.3 Å². The number of hydrogen-bond donors (Lipinski definition) is 1. The molecule has 4 nitrogen and oxygen atoms in total. The van der Waals surface area contributed by atoms with Gasteiger partial charge in [0.15, 0.2) is 0 Å². The van der Waals surface area contributed by atoms with Crippen LogP contribution < -0.4 is 10.2 Å². The molecule has 0 aromatic heterocycles. The van der Waals surface area contributed by atoms with Gasteiger partial charge in [-0.2, -0.15) is 0 Å². The van der Waals surface area contributed by atoms with Gasteiger partial charge >= 0.3 is 0 Å². The molecule has 1 unspecified atom stereocenters. The van der Waals surface area contributed by atoms with Crippen LogP contribution in [0.15, 0.2) is 42.5 Å². The molecule has 1 saturated heterocycles. The predicted molar refractivity (Wildman–Crippen MR) is 123 cm³/mol. The van der Waals surface area contributed by atoms with Crippen molar-refractivity contribution in [2.75, 3.05) is 44.2 Å². The first-order valence-corrected chi connectivity index (χ1v) is 10.8. The molecule has 3 aliphatic rings. The molecular formula is C24H34ClN3O. The fourth-order valence-corrected chi connectivity index (χ4v) is 5.17. The molecule has 158 valence electrons. The van der Waals surface area contributed by atoms with Crippen LogP contribution in [-0.2, 0) is 19.3 Å². The second-order valence-corrected chi connectivity index (χ2v) is 8.38. The van der Waals surface area contributed by atoms with Crippen molar-refractivity contribution in [1.29, 1.82) is 0 Å². The Kier molecular flexibility index (Phi) is 7.58. The summed E-state index contributed by atoms with van der Waals surface area (Å²) in [5.41, 5.74) is 7.84. The van der Waals surface area contributed by atoms with Gasteiger partial charge in [0.25, 0.3) is 0 Å². The molecule has 0 bridgehead atoms. The Morgan fingerprint density at radius 3 is 2.34 bits per heavy atom. The van der Waals surface area contributed by atoms with Gasteiger partial charge in [-0.15, -0.1) is 12.4 Å². The summed E-state index contributed by atoms with van der Waals surface area (Å²) in [6.45, 7) is 6.90. The lowest BCUT2D eigenvalue weighted by Crippen LogP contribution is -2.48. The van der Waals surface area contributed by atoms with Crippen LogP contribution in [0.3, 0.4) is 0 Å². The number of benzene rings is 2. The first kappa shape index (κ1) is 22.1. The Labute approximate surface area is 181 Å². The van der Waals surface area contributed by atoms with E-state index in [9.17, 15) is 0 Å². The third-order valence-corrected chi connectivity index (χ3v) is 6.74. The highest BCUT2D eigenvalue weighted by Gasteiger charge is 2.25. The van der Waals surface area contributed by atoms with Crippen LogP contribution in [0.2, 0.25) is 0 Å². The van der Waals surface area contributed by atoms with E-state index in [1.807, 2.05) is 0 Å². The topological polar surface area (TPSA) is 50.0 Å². The van der Waals surface area contributed by atoms with Gasteiger partial charge < -0.3 is 15.7 Å². The molecule has 2 aliphatic carbocycles. The van der Waals surface area contributed by atoms with Crippen LogP contribution in [0.4, 0.5) is 5.69 Å². The maximum atomic E-state index is 3.86. The van der Waals surface area contributed by atoms with Gasteiger partial charge in [-0.05, 0) is 66.5 Å². The van der Waals surface area contributed by atoms with Crippen molar-refractivity contribution in [3.8, 4) is 0 Å². The SMILES string of the molecule is Cl.O.c1ccc(N2CCN(CCNC3CCc4cc5c(cc43)CCC5)CC2)cc1. The van der Waals surface area contributed by atoms with Crippen molar-refractivity contribution in [3.63, 3.8) is 0 Å². The van der Waals surface area contributed by atoms with Crippen LogP contribution in [0, 0.1) is 0 Å². The minimum atomic E-state index is 0. The molecule has 1 atom stereocenters. The van der Waals surface area contributed by atoms with Crippen molar-refractivity contribution < 1.29 is 5.48 Å². The summed E-state index contributed by atoms with van der Waals surface area (Å²) >= 11 is 0. The van der Waals surface area contributed by atoms with E-state index in [1.54, 1.807) is 22.3 Å².